The Morgan fingerprint density at radius 3 is 3.00 bits per heavy atom. The van der Waals surface area contributed by atoms with Crippen LogP contribution in [-0.4, -0.2) is 41.4 Å². The van der Waals surface area contributed by atoms with Gasteiger partial charge in [-0.1, -0.05) is 0 Å². The first-order valence-electron chi connectivity index (χ1n) is 4.57. The molecule has 1 aliphatic rings. The monoisotopic (exact) mass is 194 g/mol. The van der Waals surface area contributed by atoms with Crippen molar-refractivity contribution in [3.05, 3.63) is 18.1 Å². The molecule has 1 aromatic rings. The van der Waals surface area contributed by atoms with Gasteiger partial charge in [0, 0.05) is 24.8 Å². The number of aliphatic hydroxyl groups excluding tert-OH is 1. The van der Waals surface area contributed by atoms with E-state index in [1.807, 2.05) is 0 Å². The number of hydrogen-bond donors (Lipinski definition) is 1. The average molecular weight is 194 g/mol. The van der Waals surface area contributed by atoms with Gasteiger partial charge < -0.3 is 14.7 Å². The third kappa shape index (κ3) is 1.83. The van der Waals surface area contributed by atoms with Crippen LogP contribution >= 0.6 is 0 Å². The molecular formula is C9H12N3O2. The molecule has 2 rings (SSSR count). The zero-order chi connectivity index (χ0) is 9.80. The molecule has 0 amide bonds. The van der Waals surface area contributed by atoms with Crippen molar-refractivity contribution in [3.8, 4) is 0 Å². The topological polar surface area (TPSA) is 58.5 Å². The molecule has 0 bridgehead atoms. The van der Waals surface area contributed by atoms with Crippen LogP contribution in [-0.2, 0) is 11.3 Å². The van der Waals surface area contributed by atoms with Crippen LogP contribution in [0, 0.1) is 6.33 Å². The summed E-state index contributed by atoms with van der Waals surface area (Å²) in [5.41, 5.74) is 0.741. The van der Waals surface area contributed by atoms with Gasteiger partial charge in [0.2, 0.25) is 0 Å². The Labute approximate surface area is 82.4 Å². The van der Waals surface area contributed by atoms with E-state index in [2.05, 4.69) is 21.2 Å². The van der Waals surface area contributed by atoms with Crippen LogP contribution in [0.5, 0.6) is 0 Å². The van der Waals surface area contributed by atoms with Crippen molar-refractivity contribution < 1.29 is 9.84 Å². The summed E-state index contributed by atoms with van der Waals surface area (Å²) in [6, 6.07) is 0. The van der Waals surface area contributed by atoms with E-state index >= 15 is 0 Å². The van der Waals surface area contributed by atoms with E-state index in [0.29, 0.717) is 13.2 Å². The van der Waals surface area contributed by atoms with Crippen molar-refractivity contribution in [2.45, 2.75) is 6.61 Å². The van der Waals surface area contributed by atoms with Crippen LogP contribution < -0.4 is 4.90 Å². The third-order valence-electron chi connectivity index (χ3n) is 2.20. The Kier molecular flexibility index (Phi) is 2.90. The molecule has 1 fully saturated rings. The number of anilines is 1. The maximum Gasteiger partial charge on any atom is 0.199 e. The van der Waals surface area contributed by atoms with Crippen molar-refractivity contribution in [3.63, 3.8) is 0 Å². The first kappa shape index (κ1) is 9.36. The highest BCUT2D eigenvalue weighted by molar-refractivity contribution is 5.45. The molecule has 1 aromatic heterocycles. The summed E-state index contributed by atoms with van der Waals surface area (Å²) in [4.78, 5) is 9.88. The summed E-state index contributed by atoms with van der Waals surface area (Å²) in [6.07, 6.45) is 4.13. The van der Waals surface area contributed by atoms with Crippen LogP contribution in [0.25, 0.3) is 0 Å². The van der Waals surface area contributed by atoms with Gasteiger partial charge in [-0.2, -0.15) is 0 Å². The fraction of sp³-hybridized carbons (Fsp3) is 0.556. The summed E-state index contributed by atoms with van der Waals surface area (Å²) in [5.74, 6) is 0.769. The van der Waals surface area contributed by atoms with Crippen molar-refractivity contribution in [2.75, 3.05) is 31.2 Å². The summed E-state index contributed by atoms with van der Waals surface area (Å²) >= 11 is 0. The summed E-state index contributed by atoms with van der Waals surface area (Å²) in [6.45, 7) is 2.97. The molecule has 0 atom stereocenters. The fourth-order valence-electron chi connectivity index (χ4n) is 1.47. The predicted octanol–water partition coefficient (Wildman–Crippen LogP) is -0.394. The molecule has 0 aliphatic carbocycles. The molecule has 0 spiro atoms. The van der Waals surface area contributed by atoms with Crippen LogP contribution in [0.1, 0.15) is 5.56 Å². The first-order chi connectivity index (χ1) is 6.92. The van der Waals surface area contributed by atoms with Crippen molar-refractivity contribution >= 4 is 5.82 Å². The zero-order valence-electron chi connectivity index (χ0n) is 7.81. The van der Waals surface area contributed by atoms with Crippen LogP contribution in [0.4, 0.5) is 5.82 Å². The van der Waals surface area contributed by atoms with E-state index < -0.39 is 0 Å². The molecule has 75 valence electrons. The zero-order valence-corrected chi connectivity index (χ0v) is 7.81. The lowest BCUT2D eigenvalue weighted by atomic mass is 10.3. The standard InChI is InChI=1S/C9H12N3O2/c13-6-8-5-10-7-11-9(8)12-1-3-14-4-2-12/h5,13H,1-4,6H2. The SMILES string of the molecule is OCc1cn[c]nc1N1CCOCC1. The maximum absolute atomic E-state index is 9.10. The van der Waals surface area contributed by atoms with E-state index in [9.17, 15) is 0 Å². The van der Waals surface area contributed by atoms with E-state index in [1.165, 1.54) is 0 Å². The van der Waals surface area contributed by atoms with E-state index in [-0.39, 0.29) is 6.61 Å². The Bertz CT molecular complexity index is 300. The Balaban J connectivity index is 2.20. The van der Waals surface area contributed by atoms with Gasteiger partial charge in [0.25, 0.3) is 0 Å². The molecule has 1 aliphatic heterocycles. The number of rotatable bonds is 2. The Hall–Kier alpha value is -1.20. The van der Waals surface area contributed by atoms with E-state index in [0.717, 1.165) is 24.5 Å². The lowest BCUT2D eigenvalue weighted by Gasteiger charge is -2.28. The fourth-order valence-corrected chi connectivity index (χ4v) is 1.47. The Morgan fingerprint density at radius 2 is 2.29 bits per heavy atom. The number of nitrogens with zero attached hydrogens (tertiary/aromatic N) is 3. The highest BCUT2D eigenvalue weighted by Crippen LogP contribution is 2.16. The molecule has 0 saturated carbocycles. The average Bonchev–Trinajstić information content (AvgIpc) is 2.30. The molecule has 1 saturated heterocycles. The van der Waals surface area contributed by atoms with E-state index in [4.69, 9.17) is 9.84 Å². The summed E-state index contributed by atoms with van der Waals surface area (Å²) in [7, 11) is 0. The molecule has 0 aromatic carbocycles. The van der Waals surface area contributed by atoms with Gasteiger partial charge in [-0.25, -0.2) is 9.97 Å². The molecule has 1 N–H and O–H groups in total. The minimum Gasteiger partial charge on any atom is -0.391 e. The van der Waals surface area contributed by atoms with Crippen LogP contribution in [0.3, 0.4) is 0 Å². The largest absolute Gasteiger partial charge is 0.391 e. The predicted molar refractivity (Wildman–Crippen MR) is 49.8 cm³/mol. The second-order valence-electron chi connectivity index (χ2n) is 3.08. The van der Waals surface area contributed by atoms with Gasteiger partial charge in [-0.3, -0.25) is 0 Å². The first-order valence-corrected chi connectivity index (χ1v) is 4.57. The summed E-state index contributed by atoms with van der Waals surface area (Å²) < 4.78 is 5.24. The molecule has 14 heavy (non-hydrogen) atoms. The van der Waals surface area contributed by atoms with Crippen molar-refractivity contribution in [1.29, 1.82) is 0 Å². The highest BCUT2D eigenvalue weighted by atomic mass is 16.5. The quantitative estimate of drug-likeness (QED) is 0.694. The summed E-state index contributed by atoms with van der Waals surface area (Å²) in [5, 5.41) is 9.10. The number of aromatic nitrogens is 2. The van der Waals surface area contributed by atoms with Crippen LogP contribution in [0.15, 0.2) is 6.20 Å². The second kappa shape index (κ2) is 4.34. The normalized spacial score (nSPS) is 17.1. The van der Waals surface area contributed by atoms with Gasteiger partial charge in [-0.15, -0.1) is 0 Å². The number of morpholine rings is 1. The van der Waals surface area contributed by atoms with Crippen molar-refractivity contribution in [2.24, 2.45) is 0 Å². The lowest BCUT2D eigenvalue weighted by molar-refractivity contribution is 0.122. The maximum atomic E-state index is 9.10. The number of aliphatic hydroxyl groups is 1. The van der Waals surface area contributed by atoms with Crippen LogP contribution in [0.2, 0.25) is 0 Å². The van der Waals surface area contributed by atoms with Gasteiger partial charge in [0.05, 0.1) is 19.8 Å². The molecular weight excluding hydrogens is 182 g/mol. The second-order valence-corrected chi connectivity index (χ2v) is 3.08. The number of ether oxygens (including phenoxy) is 1. The van der Waals surface area contributed by atoms with Gasteiger partial charge >= 0.3 is 0 Å². The van der Waals surface area contributed by atoms with Gasteiger partial charge in [-0.05, 0) is 0 Å². The molecule has 0 unspecified atom stereocenters. The highest BCUT2D eigenvalue weighted by Gasteiger charge is 2.15. The minimum absolute atomic E-state index is 0.0403. The smallest absolute Gasteiger partial charge is 0.199 e. The number of hydrogen-bond acceptors (Lipinski definition) is 5. The lowest BCUT2D eigenvalue weighted by Crippen LogP contribution is -2.37. The van der Waals surface area contributed by atoms with Crippen molar-refractivity contribution in [1.82, 2.24) is 9.97 Å². The minimum atomic E-state index is -0.0403. The molecule has 5 heteroatoms. The Morgan fingerprint density at radius 1 is 1.50 bits per heavy atom. The van der Waals surface area contributed by atoms with Gasteiger partial charge in [0.15, 0.2) is 6.33 Å². The molecule has 5 nitrogen and oxygen atoms in total. The molecule has 2 heterocycles. The van der Waals surface area contributed by atoms with Gasteiger partial charge in [0.1, 0.15) is 5.82 Å². The molecule has 1 radical (unpaired) electrons. The van der Waals surface area contributed by atoms with E-state index in [1.54, 1.807) is 6.20 Å². The third-order valence-corrected chi connectivity index (χ3v) is 2.20.